The number of carbonyl (C=O) groups is 1. The molecule has 0 saturated carbocycles. The fourth-order valence-electron chi connectivity index (χ4n) is 0.358. The van der Waals surface area contributed by atoms with Gasteiger partial charge in [0.1, 0.15) is 5.78 Å². The number of alkyl halides is 1. The van der Waals surface area contributed by atoms with E-state index < -0.39 is 0 Å². The quantitative estimate of drug-likeness (QED) is 0.423. The molecule has 0 rings (SSSR count). The molecule has 0 bridgehead atoms. The maximum absolute atomic E-state index is 10.3. The molecule has 0 aromatic carbocycles. The lowest BCUT2D eigenvalue weighted by Gasteiger charge is -1.95. The van der Waals surface area contributed by atoms with Gasteiger partial charge < -0.3 is 0 Å². The zero-order valence-electron chi connectivity index (χ0n) is 4.86. The summed E-state index contributed by atoms with van der Waals surface area (Å²) in [5.41, 5.74) is 0. The number of carbonyl (C=O) groups excluding carboxylic acids is 1. The van der Waals surface area contributed by atoms with Crippen molar-refractivity contribution in [3.8, 4) is 0 Å². The first-order chi connectivity index (χ1) is 3.66. The molecule has 8 heavy (non-hydrogen) atoms. The number of Topliss-reactive ketones (excluding diaryl/α,β-unsaturated/α-hetero) is 1. The molecule has 1 atom stereocenters. The lowest BCUT2D eigenvalue weighted by atomic mass is 10.2. The molecule has 0 fully saturated rings. The molecule has 2 heteroatoms. The Kier molecular flexibility index (Phi) is 3.53. The van der Waals surface area contributed by atoms with Gasteiger partial charge in [0.25, 0.3) is 0 Å². The van der Waals surface area contributed by atoms with Gasteiger partial charge in [-0.2, -0.15) is 0 Å². The van der Waals surface area contributed by atoms with E-state index in [9.17, 15) is 4.79 Å². The van der Waals surface area contributed by atoms with Gasteiger partial charge in [0.15, 0.2) is 0 Å². The highest BCUT2D eigenvalue weighted by atomic mass is 35.5. The van der Waals surface area contributed by atoms with Crippen LogP contribution in [0.2, 0.25) is 0 Å². The van der Waals surface area contributed by atoms with Crippen molar-refractivity contribution < 1.29 is 4.79 Å². The van der Waals surface area contributed by atoms with Gasteiger partial charge in [-0.3, -0.25) is 4.79 Å². The standard InChI is InChI=1S/C6H9ClO/c1-3-6(7)4-5(2)8/h3,6H,1,4H2,2H3. The van der Waals surface area contributed by atoms with E-state index >= 15 is 0 Å². The van der Waals surface area contributed by atoms with E-state index in [0.29, 0.717) is 6.42 Å². The minimum atomic E-state index is -0.188. The minimum absolute atomic E-state index is 0.102. The van der Waals surface area contributed by atoms with Crippen molar-refractivity contribution in [3.63, 3.8) is 0 Å². The number of ketones is 1. The van der Waals surface area contributed by atoms with E-state index in [-0.39, 0.29) is 11.2 Å². The third kappa shape index (κ3) is 3.88. The highest BCUT2D eigenvalue weighted by molar-refractivity contribution is 6.22. The van der Waals surface area contributed by atoms with Gasteiger partial charge in [0.2, 0.25) is 0 Å². The van der Waals surface area contributed by atoms with Gasteiger partial charge >= 0.3 is 0 Å². The minimum Gasteiger partial charge on any atom is -0.300 e. The van der Waals surface area contributed by atoms with Crippen molar-refractivity contribution in [2.45, 2.75) is 18.7 Å². The van der Waals surface area contributed by atoms with Crippen LogP contribution in [0.1, 0.15) is 13.3 Å². The van der Waals surface area contributed by atoms with E-state index in [4.69, 9.17) is 11.6 Å². The first-order valence-corrected chi connectivity index (χ1v) is 2.86. The summed E-state index contributed by atoms with van der Waals surface area (Å²) >= 11 is 5.52. The molecule has 46 valence electrons. The topological polar surface area (TPSA) is 17.1 Å². The zero-order valence-corrected chi connectivity index (χ0v) is 5.61. The number of hydrogen-bond acceptors (Lipinski definition) is 1. The zero-order chi connectivity index (χ0) is 6.57. The highest BCUT2D eigenvalue weighted by Crippen LogP contribution is 2.01. The molecule has 1 unspecified atom stereocenters. The first-order valence-electron chi connectivity index (χ1n) is 2.43. The largest absolute Gasteiger partial charge is 0.300 e. The van der Waals surface area contributed by atoms with Gasteiger partial charge in [0, 0.05) is 6.42 Å². The van der Waals surface area contributed by atoms with Crippen molar-refractivity contribution >= 4 is 17.4 Å². The summed E-state index contributed by atoms with van der Waals surface area (Å²) in [7, 11) is 0. The van der Waals surface area contributed by atoms with E-state index in [0.717, 1.165) is 0 Å². The van der Waals surface area contributed by atoms with E-state index in [1.54, 1.807) is 6.08 Å². The Morgan fingerprint density at radius 3 is 2.62 bits per heavy atom. The van der Waals surface area contributed by atoms with Gasteiger partial charge in [-0.1, -0.05) is 6.08 Å². The summed E-state index contributed by atoms with van der Waals surface area (Å²) in [4.78, 5) is 10.3. The van der Waals surface area contributed by atoms with Crippen LogP contribution in [0.3, 0.4) is 0 Å². The molecule has 0 saturated heterocycles. The maximum Gasteiger partial charge on any atom is 0.131 e. The summed E-state index contributed by atoms with van der Waals surface area (Å²) < 4.78 is 0. The van der Waals surface area contributed by atoms with Crippen LogP contribution >= 0.6 is 11.6 Å². The molecule has 0 amide bonds. The van der Waals surface area contributed by atoms with Crippen LogP contribution in [0.25, 0.3) is 0 Å². The number of allylic oxidation sites excluding steroid dienone is 1. The van der Waals surface area contributed by atoms with Crippen molar-refractivity contribution in [2.75, 3.05) is 0 Å². The van der Waals surface area contributed by atoms with Crippen molar-refractivity contribution in [1.29, 1.82) is 0 Å². The third-order valence-electron chi connectivity index (χ3n) is 0.738. The summed E-state index contributed by atoms with van der Waals surface area (Å²) in [5, 5.41) is -0.188. The Balaban J connectivity index is 3.38. The van der Waals surface area contributed by atoms with E-state index in [1.807, 2.05) is 0 Å². The van der Waals surface area contributed by atoms with Crippen LogP contribution in [-0.4, -0.2) is 11.2 Å². The Bertz CT molecular complexity index is 98.7. The molecule has 0 N–H and O–H groups in total. The summed E-state index contributed by atoms with van der Waals surface area (Å²) in [6.45, 7) is 4.94. The number of hydrogen-bond donors (Lipinski definition) is 0. The molecule has 0 aromatic heterocycles. The maximum atomic E-state index is 10.3. The Hall–Kier alpha value is -0.300. The first kappa shape index (κ1) is 7.70. The average Bonchev–Trinajstić information content (AvgIpc) is 1.65. The molecule has 0 radical (unpaired) electrons. The van der Waals surface area contributed by atoms with Crippen molar-refractivity contribution in [2.24, 2.45) is 0 Å². The summed E-state index contributed by atoms with van der Waals surface area (Å²) in [6, 6.07) is 0. The number of rotatable bonds is 3. The smallest absolute Gasteiger partial charge is 0.131 e. The lowest BCUT2D eigenvalue weighted by Crippen LogP contribution is -1.99. The molecule has 0 aromatic rings. The van der Waals surface area contributed by atoms with Gasteiger partial charge in [-0.05, 0) is 6.92 Å². The van der Waals surface area contributed by atoms with Crippen molar-refractivity contribution in [1.82, 2.24) is 0 Å². The molecule has 1 nitrogen and oxygen atoms in total. The second kappa shape index (κ2) is 3.67. The molecule has 0 aliphatic carbocycles. The molecular formula is C6H9ClO. The Morgan fingerprint density at radius 2 is 2.50 bits per heavy atom. The van der Waals surface area contributed by atoms with Crippen LogP contribution < -0.4 is 0 Å². The molecule has 0 spiro atoms. The SMILES string of the molecule is C=CC(Cl)CC(C)=O. The van der Waals surface area contributed by atoms with Crippen LogP contribution in [-0.2, 0) is 4.79 Å². The predicted molar refractivity (Wildman–Crippen MR) is 35.1 cm³/mol. The van der Waals surface area contributed by atoms with Gasteiger partial charge in [-0.15, -0.1) is 18.2 Å². The van der Waals surface area contributed by atoms with E-state index in [2.05, 4.69) is 6.58 Å². The summed E-state index contributed by atoms with van der Waals surface area (Å²) in [6.07, 6.45) is 1.95. The Labute approximate surface area is 54.3 Å². The molecule has 0 aliphatic rings. The normalized spacial score (nSPS) is 12.8. The molecular weight excluding hydrogens is 124 g/mol. The molecule has 0 aliphatic heterocycles. The summed E-state index contributed by atoms with van der Waals surface area (Å²) in [5.74, 6) is 0.102. The monoisotopic (exact) mass is 132 g/mol. The predicted octanol–water partition coefficient (Wildman–Crippen LogP) is 1.76. The van der Waals surface area contributed by atoms with Crippen LogP contribution in [0.4, 0.5) is 0 Å². The van der Waals surface area contributed by atoms with Crippen LogP contribution in [0.15, 0.2) is 12.7 Å². The number of halogens is 1. The van der Waals surface area contributed by atoms with Crippen molar-refractivity contribution in [3.05, 3.63) is 12.7 Å². The highest BCUT2D eigenvalue weighted by Gasteiger charge is 2.00. The second-order valence-corrected chi connectivity index (χ2v) is 2.22. The molecule has 0 heterocycles. The third-order valence-corrected chi connectivity index (χ3v) is 1.07. The Morgan fingerprint density at radius 1 is 2.00 bits per heavy atom. The average molecular weight is 133 g/mol. The van der Waals surface area contributed by atoms with E-state index in [1.165, 1.54) is 6.92 Å². The lowest BCUT2D eigenvalue weighted by molar-refractivity contribution is -0.116. The van der Waals surface area contributed by atoms with Gasteiger partial charge in [0.05, 0.1) is 5.38 Å². The fraction of sp³-hybridized carbons (Fsp3) is 0.500. The second-order valence-electron chi connectivity index (χ2n) is 1.66. The fourth-order valence-corrected chi connectivity index (χ4v) is 0.575. The van der Waals surface area contributed by atoms with Gasteiger partial charge in [-0.25, -0.2) is 0 Å². The van der Waals surface area contributed by atoms with Crippen LogP contribution in [0, 0.1) is 0 Å². The van der Waals surface area contributed by atoms with Crippen LogP contribution in [0.5, 0.6) is 0 Å².